The van der Waals surface area contributed by atoms with Gasteiger partial charge in [-0.1, -0.05) is 30.3 Å². The van der Waals surface area contributed by atoms with Gasteiger partial charge in [0.25, 0.3) is 0 Å². The van der Waals surface area contributed by atoms with Crippen LogP contribution in [0.25, 0.3) is 0 Å². The molecular formula is C21H25N3O3. The van der Waals surface area contributed by atoms with Crippen LogP contribution >= 0.6 is 0 Å². The van der Waals surface area contributed by atoms with Crippen LogP contribution in [0, 0.1) is 6.92 Å². The number of ether oxygens (including phenoxy) is 1. The Bertz CT molecular complexity index is 814. The first-order chi connectivity index (χ1) is 13.1. The van der Waals surface area contributed by atoms with Crippen LogP contribution in [-0.4, -0.2) is 49.7 Å². The predicted molar refractivity (Wildman–Crippen MR) is 106 cm³/mol. The van der Waals surface area contributed by atoms with E-state index in [9.17, 15) is 9.59 Å². The number of para-hydroxylation sites is 2. The van der Waals surface area contributed by atoms with Crippen molar-refractivity contribution in [3.8, 4) is 0 Å². The lowest BCUT2D eigenvalue weighted by Gasteiger charge is -2.36. The summed E-state index contributed by atoms with van der Waals surface area (Å²) in [5, 5.41) is 2.85. The minimum absolute atomic E-state index is 0.198. The Kier molecular flexibility index (Phi) is 5.96. The summed E-state index contributed by atoms with van der Waals surface area (Å²) in [6.45, 7) is 6.95. The molecule has 3 rings (SSSR count). The highest BCUT2D eigenvalue weighted by molar-refractivity contribution is 6.00. The van der Waals surface area contributed by atoms with Gasteiger partial charge in [-0.2, -0.15) is 0 Å². The van der Waals surface area contributed by atoms with Gasteiger partial charge in [-0.25, -0.2) is 9.59 Å². The summed E-state index contributed by atoms with van der Waals surface area (Å²) >= 11 is 0. The van der Waals surface area contributed by atoms with Gasteiger partial charge < -0.3 is 19.9 Å². The van der Waals surface area contributed by atoms with E-state index in [0.29, 0.717) is 30.9 Å². The Hall–Kier alpha value is -3.02. The molecule has 0 aliphatic carbocycles. The maximum atomic E-state index is 12.7. The highest BCUT2D eigenvalue weighted by Gasteiger charge is 2.23. The topological polar surface area (TPSA) is 61.9 Å². The molecule has 1 saturated heterocycles. The molecule has 2 amide bonds. The smallest absolute Gasteiger partial charge is 0.340 e. The molecule has 1 aliphatic rings. The lowest BCUT2D eigenvalue weighted by atomic mass is 10.1. The Morgan fingerprint density at radius 2 is 1.67 bits per heavy atom. The van der Waals surface area contributed by atoms with Gasteiger partial charge in [0.05, 0.1) is 17.9 Å². The molecule has 27 heavy (non-hydrogen) atoms. The van der Waals surface area contributed by atoms with Crippen molar-refractivity contribution in [2.75, 3.05) is 43.0 Å². The third kappa shape index (κ3) is 4.39. The largest absolute Gasteiger partial charge is 0.462 e. The van der Waals surface area contributed by atoms with Crippen molar-refractivity contribution in [3.63, 3.8) is 0 Å². The first-order valence-electron chi connectivity index (χ1n) is 9.22. The minimum Gasteiger partial charge on any atom is -0.462 e. The lowest BCUT2D eigenvalue weighted by molar-refractivity contribution is 0.0527. The maximum Gasteiger partial charge on any atom is 0.340 e. The second-order valence-corrected chi connectivity index (χ2v) is 6.46. The molecule has 1 heterocycles. The molecule has 2 aromatic rings. The van der Waals surface area contributed by atoms with E-state index >= 15 is 0 Å². The minimum atomic E-state index is -0.433. The van der Waals surface area contributed by atoms with Crippen molar-refractivity contribution in [2.45, 2.75) is 13.8 Å². The van der Waals surface area contributed by atoms with E-state index in [-0.39, 0.29) is 6.03 Å². The number of anilines is 2. The monoisotopic (exact) mass is 367 g/mol. The van der Waals surface area contributed by atoms with Crippen molar-refractivity contribution in [1.82, 2.24) is 4.90 Å². The fourth-order valence-electron chi connectivity index (χ4n) is 3.24. The van der Waals surface area contributed by atoms with Crippen molar-refractivity contribution < 1.29 is 14.3 Å². The van der Waals surface area contributed by atoms with E-state index in [0.717, 1.165) is 13.1 Å². The predicted octanol–water partition coefficient (Wildman–Crippen LogP) is 3.53. The van der Waals surface area contributed by atoms with Crippen molar-refractivity contribution in [2.24, 2.45) is 0 Å². The number of carbonyl (C=O) groups excluding carboxylic acids is 2. The quantitative estimate of drug-likeness (QED) is 0.840. The Morgan fingerprint density at radius 3 is 2.37 bits per heavy atom. The average Bonchev–Trinajstić information content (AvgIpc) is 2.69. The van der Waals surface area contributed by atoms with E-state index in [1.807, 2.05) is 12.1 Å². The molecule has 6 nitrogen and oxygen atoms in total. The second kappa shape index (κ2) is 8.58. The van der Waals surface area contributed by atoms with Gasteiger partial charge in [0.1, 0.15) is 0 Å². The molecule has 0 radical (unpaired) electrons. The number of nitrogens with one attached hydrogen (secondary N) is 1. The number of benzene rings is 2. The van der Waals surface area contributed by atoms with E-state index < -0.39 is 5.97 Å². The van der Waals surface area contributed by atoms with E-state index in [1.54, 1.807) is 36.1 Å². The molecule has 6 heteroatoms. The van der Waals surface area contributed by atoms with Gasteiger partial charge >= 0.3 is 12.0 Å². The number of carbonyl (C=O) groups is 2. The number of aryl methyl sites for hydroxylation is 1. The van der Waals surface area contributed by atoms with Gasteiger partial charge in [-0.3, -0.25) is 0 Å². The number of nitrogens with zero attached hydrogens (tertiary/aromatic N) is 2. The number of piperazine rings is 1. The molecule has 0 spiro atoms. The fourth-order valence-corrected chi connectivity index (χ4v) is 3.24. The molecule has 1 aliphatic heterocycles. The summed E-state index contributed by atoms with van der Waals surface area (Å²) in [5.74, 6) is -0.433. The van der Waals surface area contributed by atoms with Crippen LogP contribution in [-0.2, 0) is 4.74 Å². The van der Waals surface area contributed by atoms with Gasteiger partial charge in [0.2, 0.25) is 0 Å². The van der Waals surface area contributed by atoms with Crippen LogP contribution in [0.5, 0.6) is 0 Å². The molecule has 1 N–H and O–H groups in total. The third-order valence-corrected chi connectivity index (χ3v) is 4.69. The number of hydrogen-bond donors (Lipinski definition) is 1. The van der Waals surface area contributed by atoms with Crippen LogP contribution in [0.15, 0.2) is 48.5 Å². The van der Waals surface area contributed by atoms with Gasteiger partial charge in [0.15, 0.2) is 0 Å². The standard InChI is InChI=1S/C21H25N3O3/c1-3-27-20(25)17-9-5-6-10-18(17)22-21(26)24-14-12-23(13-15-24)19-11-7-4-8-16(19)2/h4-11H,3,12-15H2,1-2H3,(H,22,26). The number of hydrogen-bond acceptors (Lipinski definition) is 4. The molecule has 0 saturated carbocycles. The molecule has 2 aromatic carbocycles. The number of esters is 1. The van der Waals surface area contributed by atoms with Gasteiger partial charge in [0, 0.05) is 31.9 Å². The summed E-state index contributed by atoms with van der Waals surface area (Å²) in [4.78, 5) is 28.8. The highest BCUT2D eigenvalue weighted by Crippen LogP contribution is 2.22. The normalized spacial score (nSPS) is 14.0. The first-order valence-corrected chi connectivity index (χ1v) is 9.22. The summed E-state index contributed by atoms with van der Waals surface area (Å²) in [5.41, 5.74) is 3.29. The maximum absolute atomic E-state index is 12.7. The lowest BCUT2D eigenvalue weighted by Crippen LogP contribution is -2.50. The van der Waals surface area contributed by atoms with E-state index in [2.05, 4.69) is 29.3 Å². The Balaban J connectivity index is 1.62. The summed E-state index contributed by atoms with van der Waals surface area (Å²) in [6.07, 6.45) is 0. The SMILES string of the molecule is CCOC(=O)c1ccccc1NC(=O)N1CCN(c2ccccc2C)CC1. The van der Waals surface area contributed by atoms with Crippen molar-refractivity contribution >= 4 is 23.4 Å². The molecule has 0 atom stereocenters. The molecule has 142 valence electrons. The van der Waals surface area contributed by atoms with Crippen molar-refractivity contribution in [3.05, 3.63) is 59.7 Å². The number of rotatable bonds is 4. The number of urea groups is 1. The fraction of sp³-hybridized carbons (Fsp3) is 0.333. The van der Waals surface area contributed by atoms with Crippen LogP contribution in [0.3, 0.4) is 0 Å². The summed E-state index contributed by atoms with van der Waals surface area (Å²) < 4.78 is 5.06. The zero-order valence-corrected chi connectivity index (χ0v) is 15.8. The Morgan fingerprint density at radius 1 is 1.00 bits per heavy atom. The average molecular weight is 367 g/mol. The van der Waals surface area contributed by atoms with Crippen LogP contribution < -0.4 is 10.2 Å². The second-order valence-electron chi connectivity index (χ2n) is 6.46. The zero-order chi connectivity index (χ0) is 19.2. The molecule has 0 aromatic heterocycles. The van der Waals surface area contributed by atoms with E-state index in [1.165, 1.54) is 11.3 Å². The zero-order valence-electron chi connectivity index (χ0n) is 15.8. The Labute approximate surface area is 159 Å². The van der Waals surface area contributed by atoms with Crippen LogP contribution in [0.1, 0.15) is 22.8 Å². The van der Waals surface area contributed by atoms with E-state index in [4.69, 9.17) is 4.74 Å². The number of amides is 2. The van der Waals surface area contributed by atoms with Crippen LogP contribution in [0.2, 0.25) is 0 Å². The van der Waals surface area contributed by atoms with Gasteiger partial charge in [-0.05, 0) is 37.6 Å². The first kappa shape index (κ1) is 18.8. The summed E-state index contributed by atoms with van der Waals surface area (Å²) in [6, 6.07) is 15.0. The third-order valence-electron chi connectivity index (χ3n) is 4.69. The molecule has 0 bridgehead atoms. The molecule has 1 fully saturated rings. The molecular weight excluding hydrogens is 342 g/mol. The highest BCUT2D eigenvalue weighted by atomic mass is 16.5. The van der Waals surface area contributed by atoms with Gasteiger partial charge in [-0.15, -0.1) is 0 Å². The van der Waals surface area contributed by atoms with Crippen LogP contribution in [0.4, 0.5) is 16.2 Å². The van der Waals surface area contributed by atoms with Crippen molar-refractivity contribution in [1.29, 1.82) is 0 Å². The molecule has 0 unspecified atom stereocenters. The summed E-state index contributed by atoms with van der Waals surface area (Å²) in [7, 11) is 0.